The first-order valence-corrected chi connectivity index (χ1v) is 12.1. The van der Waals surface area contributed by atoms with Crippen molar-refractivity contribution in [2.75, 3.05) is 39.9 Å². The van der Waals surface area contributed by atoms with Crippen molar-refractivity contribution in [1.82, 2.24) is 26.2 Å². The van der Waals surface area contributed by atoms with E-state index in [1.165, 1.54) is 19.2 Å². The van der Waals surface area contributed by atoms with Gasteiger partial charge in [0.05, 0.1) is 13.2 Å². The minimum Gasteiger partial charge on any atom is -0.450 e. The third-order valence-corrected chi connectivity index (χ3v) is 4.63. The molecule has 1 aliphatic heterocycles. The Morgan fingerprint density at radius 2 is 1.50 bits per heavy atom. The van der Waals surface area contributed by atoms with Crippen LogP contribution in [0.2, 0.25) is 0 Å². The Morgan fingerprint density at radius 1 is 0.889 bits per heavy atom. The van der Waals surface area contributed by atoms with Gasteiger partial charge in [0, 0.05) is 45.3 Å². The minimum atomic E-state index is -0.642. The molecule has 1 atom stereocenters. The Labute approximate surface area is 211 Å². The van der Waals surface area contributed by atoms with Crippen molar-refractivity contribution < 1.29 is 38.2 Å². The molecule has 0 bridgehead atoms. The highest BCUT2D eigenvalue weighted by Gasteiger charge is 2.23. The Balaban J connectivity index is 0.000000717. The molecule has 0 radical (unpaired) electrons. The van der Waals surface area contributed by atoms with E-state index in [9.17, 15) is 28.8 Å². The number of alkyl carbamates (subject to hydrolysis) is 2. The van der Waals surface area contributed by atoms with E-state index in [0.717, 1.165) is 11.3 Å². The predicted molar refractivity (Wildman–Crippen MR) is 131 cm³/mol. The van der Waals surface area contributed by atoms with Crippen molar-refractivity contribution in [3.05, 3.63) is 12.2 Å². The van der Waals surface area contributed by atoms with Gasteiger partial charge >= 0.3 is 12.2 Å². The SMILES string of the molecule is CCCNC(=O)CCN1C(=O)C=CC1=O.CCOC(=O)NCCCCC(NC(=O)OCC)C(=O)NC. The molecule has 0 spiro atoms. The predicted octanol–water partition coefficient (Wildman–Crippen LogP) is 0.591. The first-order chi connectivity index (χ1) is 17.2. The van der Waals surface area contributed by atoms with Gasteiger partial charge in [-0.1, -0.05) is 6.92 Å². The number of imide groups is 1. The zero-order valence-corrected chi connectivity index (χ0v) is 21.5. The van der Waals surface area contributed by atoms with Crippen LogP contribution in [-0.4, -0.2) is 86.7 Å². The van der Waals surface area contributed by atoms with Gasteiger partial charge in [-0.15, -0.1) is 0 Å². The second kappa shape index (κ2) is 19.6. The molecule has 13 nitrogen and oxygen atoms in total. The lowest BCUT2D eigenvalue weighted by Crippen LogP contribution is -2.45. The summed E-state index contributed by atoms with van der Waals surface area (Å²) in [7, 11) is 1.50. The minimum absolute atomic E-state index is 0.135. The molecule has 4 N–H and O–H groups in total. The van der Waals surface area contributed by atoms with E-state index in [4.69, 9.17) is 9.47 Å². The quantitative estimate of drug-likeness (QED) is 0.193. The number of nitrogens with one attached hydrogen (secondary N) is 4. The van der Waals surface area contributed by atoms with Crippen LogP contribution in [0.1, 0.15) is 52.9 Å². The van der Waals surface area contributed by atoms with E-state index >= 15 is 0 Å². The molecule has 1 rings (SSSR count). The summed E-state index contributed by atoms with van der Waals surface area (Å²) in [4.78, 5) is 68.5. The van der Waals surface area contributed by atoms with Crippen LogP contribution < -0.4 is 21.3 Å². The molecule has 0 saturated carbocycles. The lowest BCUT2D eigenvalue weighted by atomic mass is 10.1. The normalized spacial score (nSPS) is 12.7. The van der Waals surface area contributed by atoms with Gasteiger partial charge in [-0.25, -0.2) is 9.59 Å². The highest BCUT2D eigenvalue weighted by molar-refractivity contribution is 6.13. The van der Waals surface area contributed by atoms with E-state index in [2.05, 4.69) is 21.3 Å². The van der Waals surface area contributed by atoms with Crippen molar-refractivity contribution in [2.24, 2.45) is 0 Å². The molecule has 204 valence electrons. The van der Waals surface area contributed by atoms with Gasteiger partial charge in [0.1, 0.15) is 6.04 Å². The maximum absolute atomic E-state index is 11.6. The summed E-state index contributed by atoms with van der Waals surface area (Å²) in [6.45, 7) is 7.18. The first-order valence-electron chi connectivity index (χ1n) is 12.1. The number of carbonyl (C=O) groups excluding carboxylic acids is 6. The molecule has 13 heteroatoms. The van der Waals surface area contributed by atoms with Crippen LogP contribution >= 0.6 is 0 Å². The number of nitrogens with zero attached hydrogens (tertiary/aromatic N) is 1. The third-order valence-electron chi connectivity index (χ3n) is 4.63. The van der Waals surface area contributed by atoms with Crippen LogP contribution in [-0.2, 0) is 28.7 Å². The number of carbonyl (C=O) groups is 6. The second-order valence-corrected chi connectivity index (χ2v) is 7.44. The molecular formula is C23H39N5O8. The Kier molecular flexibility index (Phi) is 17.7. The van der Waals surface area contributed by atoms with Crippen molar-refractivity contribution in [2.45, 2.75) is 58.9 Å². The van der Waals surface area contributed by atoms with Crippen LogP contribution in [0.3, 0.4) is 0 Å². The van der Waals surface area contributed by atoms with Gasteiger partial charge in [-0.2, -0.15) is 0 Å². The fourth-order valence-corrected chi connectivity index (χ4v) is 2.82. The second-order valence-electron chi connectivity index (χ2n) is 7.44. The number of hydrogen-bond acceptors (Lipinski definition) is 8. The maximum atomic E-state index is 11.6. The highest BCUT2D eigenvalue weighted by Crippen LogP contribution is 2.04. The molecule has 0 saturated heterocycles. The number of rotatable bonds is 14. The topological polar surface area (TPSA) is 172 Å². The zero-order chi connectivity index (χ0) is 27.3. The smallest absolute Gasteiger partial charge is 0.407 e. The number of ether oxygens (including phenoxy) is 2. The summed E-state index contributed by atoms with van der Waals surface area (Å²) < 4.78 is 9.47. The van der Waals surface area contributed by atoms with Gasteiger partial charge in [-0.05, 0) is 39.5 Å². The lowest BCUT2D eigenvalue weighted by molar-refractivity contribution is -0.137. The molecule has 1 aliphatic rings. The molecule has 1 unspecified atom stereocenters. The lowest BCUT2D eigenvalue weighted by Gasteiger charge is -2.16. The molecule has 1 heterocycles. The van der Waals surface area contributed by atoms with Gasteiger partial charge in [-0.3, -0.25) is 24.1 Å². The summed E-state index contributed by atoms with van der Waals surface area (Å²) in [5.74, 6) is -1.10. The highest BCUT2D eigenvalue weighted by atomic mass is 16.6. The van der Waals surface area contributed by atoms with Gasteiger partial charge in [0.15, 0.2) is 0 Å². The molecule has 0 fully saturated rings. The summed E-state index contributed by atoms with van der Waals surface area (Å²) in [5.41, 5.74) is 0. The van der Waals surface area contributed by atoms with Gasteiger partial charge < -0.3 is 30.7 Å². The number of likely N-dealkylation sites (N-methyl/N-ethyl adjacent to an activating group) is 1. The number of hydrogen-bond donors (Lipinski definition) is 4. The first kappa shape index (κ1) is 32.4. The molecule has 6 amide bonds. The van der Waals surface area contributed by atoms with E-state index in [1.54, 1.807) is 13.8 Å². The molecule has 0 aromatic carbocycles. The molecule has 0 aliphatic carbocycles. The van der Waals surface area contributed by atoms with Crippen LogP contribution in [0.4, 0.5) is 9.59 Å². The van der Waals surface area contributed by atoms with E-state index in [0.29, 0.717) is 39.0 Å². The van der Waals surface area contributed by atoms with Crippen molar-refractivity contribution in [3.63, 3.8) is 0 Å². The summed E-state index contributed by atoms with van der Waals surface area (Å²) in [6, 6.07) is -0.642. The Bertz CT molecular complexity index is 754. The molecule has 0 aromatic heterocycles. The fraction of sp³-hybridized carbons (Fsp3) is 0.652. The van der Waals surface area contributed by atoms with Gasteiger partial charge in [0.25, 0.3) is 11.8 Å². The monoisotopic (exact) mass is 513 g/mol. The van der Waals surface area contributed by atoms with Gasteiger partial charge in [0.2, 0.25) is 11.8 Å². The third kappa shape index (κ3) is 14.6. The summed E-state index contributed by atoms with van der Waals surface area (Å²) in [5, 5.41) is 10.3. The number of amides is 6. The van der Waals surface area contributed by atoms with Crippen molar-refractivity contribution in [3.8, 4) is 0 Å². The van der Waals surface area contributed by atoms with E-state index in [-0.39, 0.29) is 43.2 Å². The Hall–Kier alpha value is -3.64. The average Bonchev–Trinajstić information content (AvgIpc) is 3.17. The average molecular weight is 514 g/mol. The van der Waals surface area contributed by atoms with Crippen LogP contribution in [0, 0.1) is 0 Å². The van der Waals surface area contributed by atoms with E-state index < -0.39 is 18.2 Å². The van der Waals surface area contributed by atoms with E-state index in [1.807, 2.05) is 6.92 Å². The van der Waals surface area contributed by atoms with Crippen molar-refractivity contribution >= 4 is 35.8 Å². The number of unbranched alkanes of at least 4 members (excludes halogenated alkanes) is 1. The molecule has 0 aromatic rings. The zero-order valence-electron chi connectivity index (χ0n) is 21.5. The Morgan fingerprint density at radius 3 is 2.06 bits per heavy atom. The van der Waals surface area contributed by atoms with Crippen LogP contribution in [0.5, 0.6) is 0 Å². The maximum Gasteiger partial charge on any atom is 0.407 e. The fourth-order valence-electron chi connectivity index (χ4n) is 2.82. The summed E-state index contributed by atoms with van der Waals surface area (Å²) in [6.07, 6.45) is 4.20. The molecular weight excluding hydrogens is 474 g/mol. The van der Waals surface area contributed by atoms with Crippen molar-refractivity contribution in [1.29, 1.82) is 0 Å². The largest absolute Gasteiger partial charge is 0.450 e. The standard InChI is InChI=1S/C13H25N3O5.C10H14N2O3/c1-4-20-12(18)15-9-7-6-8-10(11(17)14-3)16-13(19)21-5-2;1-2-6-11-8(13)5-7-12-9(14)3-4-10(12)15/h10H,4-9H2,1-3H3,(H,14,17)(H,15,18)(H,16,19);3-4H,2,5-7H2,1H3,(H,11,13). The summed E-state index contributed by atoms with van der Waals surface area (Å²) >= 11 is 0. The molecule has 36 heavy (non-hydrogen) atoms. The van der Waals surface area contributed by atoms with Crippen LogP contribution in [0.15, 0.2) is 12.2 Å². The van der Waals surface area contributed by atoms with Crippen LogP contribution in [0.25, 0.3) is 0 Å².